The first kappa shape index (κ1) is 19.9. The van der Waals surface area contributed by atoms with E-state index in [1.54, 1.807) is 0 Å². The molecular weight excluding hydrogens is 460 g/mol. The van der Waals surface area contributed by atoms with E-state index in [9.17, 15) is 0 Å². The molecule has 0 radical (unpaired) electrons. The molecule has 0 saturated carbocycles. The maximum absolute atomic E-state index is 6.55. The summed E-state index contributed by atoms with van der Waals surface area (Å²) in [6.07, 6.45) is 0.721. The Balaban J connectivity index is 1.91. The topological polar surface area (TPSA) is 30.9 Å². The summed E-state index contributed by atoms with van der Waals surface area (Å²) in [5.74, 6) is 1.58. The van der Waals surface area contributed by atoms with E-state index in [1.807, 2.05) is 36.4 Å². The maximum atomic E-state index is 6.55. The van der Waals surface area contributed by atoms with Gasteiger partial charge in [-0.05, 0) is 46.7 Å². The third-order valence-corrected chi connectivity index (χ3v) is 5.55. The molecule has 3 atom stereocenters. The zero-order valence-electron chi connectivity index (χ0n) is 14.9. The van der Waals surface area contributed by atoms with E-state index in [1.165, 1.54) is 0 Å². The van der Waals surface area contributed by atoms with Gasteiger partial charge in [0.15, 0.2) is 17.6 Å². The minimum atomic E-state index is -0.195. The lowest BCUT2D eigenvalue weighted by Gasteiger charge is -2.35. The third kappa shape index (κ3) is 5.10. The Kier molecular flexibility index (Phi) is 7.55. The van der Waals surface area contributed by atoms with Crippen molar-refractivity contribution in [2.45, 2.75) is 25.6 Å². The SMILES string of the molecule is CCCOc1cccc(I)c1O[C@@H](c1ccccc1)C1CN(P)CCO1. The van der Waals surface area contributed by atoms with Crippen LogP contribution in [0.5, 0.6) is 11.5 Å². The van der Waals surface area contributed by atoms with Gasteiger partial charge in [0.25, 0.3) is 0 Å². The zero-order chi connectivity index (χ0) is 18.4. The quantitative estimate of drug-likeness (QED) is 0.421. The molecule has 2 aromatic rings. The number of para-hydroxylation sites is 1. The van der Waals surface area contributed by atoms with Gasteiger partial charge in [-0.15, -0.1) is 0 Å². The Labute approximate surface area is 171 Å². The molecule has 4 nitrogen and oxygen atoms in total. The van der Waals surface area contributed by atoms with E-state index < -0.39 is 0 Å². The molecule has 0 amide bonds. The number of halogens is 1. The molecule has 0 aliphatic carbocycles. The van der Waals surface area contributed by atoms with Crippen molar-refractivity contribution in [2.75, 3.05) is 26.3 Å². The summed E-state index contributed by atoms with van der Waals surface area (Å²) in [6.45, 7) is 5.19. The van der Waals surface area contributed by atoms with Gasteiger partial charge in [-0.1, -0.05) is 52.7 Å². The standard InChI is InChI=1S/C20H25INO3P/c1-2-12-23-17-10-6-9-16(21)20(17)25-19(15-7-4-3-5-8-15)18-14-22(26)11-13-24-18/h3-10,18-19H,2,11-14,26H2,1H3/t18?,19-/m0/s1. The Bertz CT molecular complexity index is 701. The van der Waals surface area contributed by atoms with Crippen molar-refractivity contribution in [2.24, 2.45) is 0 Å². The lowest BCUT2D eigenvalue weighted by atomic mass is 10.0. The Hall–Kier alpha value is -0.880. The lowest BCUT2D eigenvalue weighted by molar-refractivity contribution is -0.0627. The van der Waals surface area contributed by atoms with Crippen molar-refractivity contribution in [1.29, 1.82) is 0 Å². The number of morpholine rings is 1. The normalized spacial score (nSPS) is 19.1. The van der Waals surface area contributed by atoms with E-state index in [-0.39, 0.29) is 12.2 Å². The molecule has 140 valence electrons. The first-order chi connectivity index (χ1) is 12.7. The number of nitrogens with zero attached hydrogens (tertiary/aromatic N) is 1. The Morgan fingerprint density at radius 3 is 2.77 bits per heavy atom. The highest BCUT2D eigenvalue weighted by atomic mass is 127. The lowest BCUT2D eigenvalue weighted by Crippen LogP contribution is -2.42. The second-order valence-corrected chi connectivity index (χ2v) is 8.16. The van der Waals surface area contributed by atoms with Gasteiger partial charge < -0.3 is 14.2 Å². The molecule has 1 aliphatic rings. The molecule has 2 aromatic carbocycles. The van der Waals surface area contributed by atoms with Crippen molar-refractivity contribution >= 4 is 32.0 Å². The summed E-state index contributed by atoms with van der Waals surface area (Å²) in [5.41, 5.74) is 1.11. The van der Waals surface area contributed by atoms with Crippen molar-refractivity contribution < 1.29 is 14.2 Å². The Morgan fingerprint density at radius 1 is 1.23 bits per heavy atom. The molecule has 0 bridgehead atoms. The second kappa shape index (κ2) is 9.88. The number of ether oxygens (including phenoxy) is 3. The van der Waals surface area contributed by atoms with Crippen molar-refractivity contribution in [3.63, 3.8) is 0 Å². The molecule has 3 rings (SSSR count). The second-order valence-electron chi connectivity index (χ2n) is 6.27. The highest BCUT2D eigenvalue weighted by Crippen LogP contribution is 2.38. The molecule has 1 aliphatic heterocycles. The summed E-state index contributed by atoms with van der Waals surface area (Å²) < 4.78 is 21.8. The average molecular weight is 485 g/mol. The molecule has 2 unspecified atom stereocenters. The molecule has 26 heavy (non-hydrogen) atoms. The minimum Gasteiger partial charge on any atom is -0.490 e. The summed E-state index contributed by atoms with van der Waals surface area (Å²) in [7, 11) is 2.78. The fourth-order valence-electron chi connectivity index (χ4n) is 2.94. The highest BCUT2D eigenvalue weighted by molar-refractivity contribution is 14.1. The molecule has 6 heteroatoms. The molecule has 0 spiro atoms. The van der Waals surface area contributed by atoms with E-state index in [2.05, 4.69) is 55.7 Å². The van der Waals surface area contributed by atoms with Gasteiger partial charge in [-0.2, -0.15) is 0 Å². The van der Waals surface area contributed by atoms with E-state index in [0.717, 1.165) is 40.1 Å². The highest BCUT2D eigenvalue weighted by Gasteiger charge is 2.31. The summed E-state index contributed by atoms with van der Waals surface area (Å²) in [6, 6.07) is 16.3. The van der Waals surface area contributed by atoms with Gasteiger partial charge in [0.2, 0.25) is 0 Å². The van der Waals surface area contributed by atoms with Crippen molar-refractivity contribution in [3.8, 4) is 11.5 Å². The zero-order valence-corrected chi connectivity index (χ0v) is 18.2. The largest absolute Gasteiger partial charge is 0.490 e. The van der Waals surface area contributed by atoms with Crippen molar-refractivity contribution in [3.05, 3.63) is 57.7 Å². The fraction of sp³-hybridized carbons (Fsp3) is 0.400. The molecule has 1 fully saturated rings. The average Bonchev–Trinajstić information content (AvgIpc) is 2.66. The molecular formula is C20H25INO3P. The van der Waals surface area contributed by atoms with Crippen LogP contribution in [0, 0.1) is 3.57 Å². The van der Waals surface area contributed by atoms with Crippen LogP contribution in [-0.2, 0) is 4.74 Å². The van der Waals surface area contributed by atoms with Gasteiger partial charge >= 0.3 is 0 Å². The fourth-order valence-corrected chi connectivity index (χ4v) is 3.85. The van der Waals surface area contributed by atoms with Crippen LogP contribution < -0.4 is 9.47 Å². The number of hydrogen-bond donors (Lipinski definition) is 0. The van der Waals surface area contributed by atoms with Crippen LogP contribution in [0.4, 0.5) is 0 Å². The van der Waals surface area contributed by atoms with E-state index in [0.29, 0.717) is 13.2 Å². The van der Waals surface area contributed by atoms with Crippen LogP contribution in [0.2, 0.25) is 0 Å². The predicted octanol–water partition coefficient (Wildman–Crippen LogP) is 4.69. The minimum absolute atomic E-state index is 0.0429. The predicted molar refractivity (Wildman–Crippen MR) is 116 cm³/mol. The van der Waals surface area contributed by atoms with Crippen LogP contribution in [0.15, 0.2) is 48.5 Å². The van der Waals surface area contributed by atoms with Gasteiger partial charge in [0, 0.05) is 13.1 Å². The van der Waals surface area contributed by atoms with E-state index in [4.69, 9.17) is 14.2 Å². The van der Waals surface area contributed by atoms with Gasteiger partial charge in [0.1, 0.15) is 6.10 Å². The Morgan fingerprint density at radius 2 is 2.04 bits per heavy atom. The molecule has 0 aromatic heterocycles. The molecule has 0 N–H and O–H groups in total. The molecule has 1 heterocycles. The van der Waals surface area contributed by atoms with Crippen LogP contribution in [0.3, 0.4) is 0 Å². The third-order valence-electron chi connectivity index (χ3n) is 4.23. The first-order valence-electron chi connectivity index (χ1n) is 8.93. The van der Waals surface area contributed by atoms with Crippen LogP contribution in [-0.4, -0.2) is 37.1 Å². The smallest absolute Gasteiger partial charge is 0.175 e. The van der Waals surface area contributed by atoms with Gasteiger partial charge in [-0.3, -0.25) is 4.67 Å². The van der Waals surface area contributed by atoms with Crippen LogP contribution >= 0.6 is 32.0 Å². The summed E-state index contributed by atoms with van der Waals surface area (Å²) in [5, 5.41) is 0. The van der Waals surface area contributed by atoms with E-state index >= 15 is 0 Å². The van der Waals surface area contributed by atoms with Crippen LogP contribution in [0.1, 0.15) is 25.0 Å². The monoisotopic (exact) mass is 485 g/mol. The maximum Gasteiger partial charge on any atom is 0.175 e. The van der Waals surface area contributed by atoms with Crippen LogP contribution in [0.25, 0.3) is 0 Å². The number of benzene rings is 2. The summed E-state index contributed by atoms with van der Waals surface area (Å²) >= 11 is 2.31. The van der Waals surface area contributed by atoms with Gasteiger partial charge in [0.05, 0.1) is 16.8 Å². The summed E-state index contributed by atoms with van der Waals surface area (Å²) in [4.78, 5) is 0. The number of rotatable bonds is 7. The van der Waals surface area contributed by atoms with Gasteiger partial charge in [-0.25, -0.2) is 0 Å². The molecule has 1 saturated heterocycles. The van der Waals surface area contributed by atoms with Crippen molar-refractivity contribution in [1.82, 2.24) is 4.67 Å². The number of hydrogen-bond acceptors (Lipinski definition) is 4. The first-order valence-corrected chi connectivity index (χ1v) is 10.5.